The summed E-state index contributed by atoms with van der Waals surface area (Å²) in [6, 6.07) is 6.51. The molecule has 1 heterocycles. The molecule has 0 saturated heterocycles. The minimum atomic E-state index is -0.324. The third-order valence-electron chi connectivity index (χ3n) is 2.23. The maximum Gasteiger partial charge on any atom is 0.120 e. The van der Waals surface area contributed by atoms with Gasteiger partial charge in [0.25, 0.3) is 0 Å². The lowest BCUT2D eigenvalue weighted by Gasteiger charge is -2.12. The van der Waals surface area contributed by atoms with Gasteiger partial charge in [0.15, 0.2) is 0 Å². The fraction of sp³-hybridized carbons (Fsp3) is 0.0909. The molecule has 0 unspecified atom stereocenters. The Hall–Kier alpha value is -0.740. The van der Waals surface area contributed by atoms with Crippen LogP contribution in [-0.2, 0) is 0 Å². The van der Waals surface area contributed by atoms with E-state index in [1.807, 2.05) is 16.8 Å². The first-order valence-corrected chi connectivity index (χ1v) is 5.76. The van der Waals surface area contributed by atoms with E-state index in [9.17, 15) is 5.11 Å². The summed E-state index contributed by atoms with van der Waals surface area (Å²) in [6.07, 6.45) is 0. The van der Waals surface area contributed by atoms with E-state index in [4.69, 9.17) is 17.3 Å². The van der Waals surface area contributed by atoms with Crippen molar-refractivity contribution in [1.82, 2.24) is 0 Å². The van der Waals surface area contributed by atoms with E-state index < -0.39 is 0 Å². The van der Waals surface area contributed by atoms with Crippen molar-refractivity contribution >= 4 is 35.3 Å². The highest BCUT2D eigenvalue weighted by Gasteiger charge is 2.13. The number of nitrogens with two attached hydrogens (primary N) is 1. The van der Waals surface area contributed by atoms with E-state index in [1.54, 1.807) is 29.5 Å². The van der Waals surface area contributed by atoms with Crippen molar-refractivity contribution in [3.63, 3.8) is 0 Å². The molecule has 2 rings (SSSR count). The van der Waals surface area contributed by atoms with E-state index >= 15 is 0 Å². The molecule has 2 nitrogen and oxygen atoms in total. The van der Waals surface area contributed by atoms with Gasteiger partial charge in [-0.1, -0.05) is 11.6 Å². The summed E-state index contributed by atoms with van der Waals surface area (Å²) in [5.74, 6) is 0.179. The van der Waals surface area contributed by atoms with Gasteiger partial charge >= 0.3 is 0 Å². The molecule has 1 atom stereocenters. The van der Waals surface area contributed by atoms with E-state index in [0.29, 0.717) is 10.6 Å². The van der Waals surface area contributed by atoms with Crippen LogP contribution in [0.2, 0.25) is 5.02 Å². The Bertz CT molecular complexity index is 459. The van der Waals surface area contributed by atoms with Crippen LogP contribution in [0.3, 0.4) is 0 Å². The van der Waals surface area contributed by atoms with Crippen molar-refractivity contribution in [3.8, 4) is 5.75 Å². The van der Waals surface area contributed by atoms with Crippen molar-refractivity contribution < 1.29 is 5.11 Å². The average molecular weight is 276 g/mol. The lowest BCUT2D eigenvalue weighted by Crippen LogP contribution is -2.10. The lowest BCUT2D eigenvalue weighted by molar-refractivity contribution is 0.465. The summed E-state index contributed by atoms with van der Waals surface area (Å²) in [5, 5.41) is 14.2. The minimum absolute atomic E-state index is 0. The molecule has 0 bridgehead atoms. The summed E-state index contributed by atoms with van der Waals surface area (Å²) in [7, 11) is 0. The number of phenolic OH excluding ortho intramolecular Hbond substituents is 1. The van der Waals surface area contributed by atoms with Crippen LogP contribution in [0.25, 0.3) is 0 Å². The van der Waals surface area contributed by atoms with Crippen LogP contribution in [0.4, 0.5) is 0 Å². The Morgan fingerprint density at radius 2 is 2.06 bits per heavy atom. The maximum absolute atomic E-state index is 9.67. The quantitative estimate of drug-likeness (QED) is 0.880. The Morgan fingerprint density at radius 1 is 1.31 bits per heavy atom. The van der Waals surface area contributed by atoms with Gasteiger partial charge in [-0.15, -0.1) is 12.4 Å². The predicted octanol–water partition coefficient (Wildman–Crippen LogP) is 3.58. The van der Waals surface area contributed by atoms with E-state index in [2.05, 4.69) is 0 Å². The van der Waals surface area contributed by atoms with E-state index in [-0.39, 0.29) is 24.2 Å². The van der Waals surface area contributed by atoms with Crippen LogP contribution >= 0.6 is 35.3 Å². The Labute approximate surface area is 109 Å². The smallest absolute Gasteiger partial charge is 0.120 e. The molecule has 1 aromatic heterocycles. The molecule has 16 heavy (non-hydrogen) atoms. The topological polar surface area (TPSA) is 46.2 Å². The van der Waals surface area contributed by atoms with Gasteiger partial charge in [-0.3, -0.25) is 0 Å². The molecule has 0 aliphatic carbocycles. The van der Waals surface area contributed by atoms with E-state index in [0.717, 1.165) is 5.56 Å². The summed E-state index contributed by atoms with van der Waals surface area (Å²) in [4.78, 5) is 0. The van der Waals surface area contributed by atoms with Crippen LogP contribution < -0.4 is 5.73 Å². The predicted molar refractivity (Wildman–Crippen MR) is 70.7 cm³/mol. The zero-order valence-electron chi connectivity index (χ0n) is 8.26. The Balaban J connectivity index is 0.00000128. The standard InChI is InChI=1S/C11H10ClNOS.ClH/c12-8-1-2-10(14)9(5-8)11(13)7-3-4-15-6-7;/h1-6,11,14H,13H2;1H/t11-;/m0./s1. The Kier molecular flexibility index (Phi) is 4.62. The molecule has 86 valence electrons. The van der Waals surface area contributed by atoms with Gasteiger partial charge in [0.05, 0.1) is 6.04 Å². The largest absolute Gasteiger partial charge is 0.508 e. The third kappa shape index (κ3) is 2.68. The summed E-state index contributed by atoms with van der Waals surface area (Å²) >= 11 is 7.44. The van der Waals surface area contributed by atoms with Gasteiger partial charge in [-0.2, -0.15) is 11.3 Å². The highest BCUT2D eigenvalue weighted by atomic mass is 35.5. The average Bonchev–Trinajstić information content (AvgIpc) is 2.74. The molecule has 0 amide bonds. The highest BCUT2D eigenvalue weighted by Crippen LogP contribution is 2.30. The Morgan fingerprint density at radius 3 is 2.69 bits per heavy atom. The van der Waals surface area contributed by atoms with Crippen LogP contribution in [0.15, 0.2) is 35.0 Å². The van der Waals surface area contributed by atoms with Gasteiger partial charge < -0.3 is 10.8 Å². The second-order valence-corrected chi connectivity index (χ2v) is 4.45. The SMILES string of the molecule is Cl.N[C@@H](c1ccsc1)c1cc(Cl)ccc1O. The summed E-state index contributed by atoms with van der Waals surface area (Å²) < 4.78 is 0. The number of aromatic hydroxyl groups is 1. The second-order valence-electron chi connectivity index (χ2n) is 3.24. The molecule has 0 fully saturated rings. The van der Waals surface area contributed by atoms with Crippen LogP contribution in [0.1, 0.15) is 17.2 Å². The number of phenols is 1. The normalized spacial score (nSPS) is 11.9. The van der Waals surface area contributed by atoms with Gasteiger partial charge in [0.1, 0.15) is 5.75 Å². The second kappa shape index (κ2) is 5.55. The first-order chi connectivity index (χ1) is 7.18. The number of rotatable bonds is 2. The molecule has 0 aliphatic rings. The first-order valence-electron chi connectivity index (χ1n) is 4.44. The monoisotopic (exact) mass is 275 g/mol. The molecule has 0 radical (unpaired) electrons. The number of hydrogen-bond acceptors (Lipinski definition) is 3. The van der Waals surface area contributed by atoms with Crippen molar-refractivity contribution in [2.24, 2.45) is 5.73 Å². The fourth-order valence-corrected chi connectivity index (χ4v) is 2.28. The van der Waals surface area contributed by atoms with Crippen molar-refractivity contribution in [1.29, 1.82) is 0 Å². The zero-order valence-corrected chi connectivity index (χ0v) is 10.6. The molecular weight excluding hydrogens is 265 g/mol. The summed E-state index contributed by atoms with van der Waals surface area (Å²) in [5.41, 5.74) is 7.66. The number of halogens is 2. The molecule has 1 aromatic carbocycles. The molecule has 0 spiro atoms. The van der Waals surface area contributed by atoms with Crippen LogP contribution in [0, 0.1) is 0 Å². The van der Waals surface area contributed by atoms with E-state index in [1.165, 1.54) is 0 Å². The molecular formula is C11H11Cl2NOS. The summed E-state index contributed by atoms with van der Waals surface area (Å²) in [6.45, 7) is 0. The third-order valence-corrected chi connectivity index (χ3v) is 3.16. The van der Waals surface area contributed by atoms with Crippen molar-refractivity contribution in [2.75, 3.05) is 0 Å². The molecule has 0 aliphatic heterocycles. The number of hydrogen-bond donors (Lipinski definition) is 2. The van der Waals surface area contributed by atoms with Crippen LogP contribution in [0.5, 0.6) is 5.75 Å². The first kappa shape index (κ1) is 13.3. The maximum atomic E-state index is 9.67. The minimum Gasteiger partial charge on any atom is -0.508 e. The molecule has 2 aromatic rings. The molecule has 0 saturated carbocycles. The zero-order chi connectivity index (χ0) is 10.8. The lowest BCUT2D eigenvalue weighted by atomic mass is 10.0. The number of thiophene rings is 1. The number of benzene rings is 1. The van der Waals surface area contributed by atoms with Gasteiger partial charge in [0, 0.05) is 10.6 Å². The fourth-order valence-electron chi connectivity index (χ4n) is 1.41. The van der Waals surface area contributed by atoms with Crippen molar-refractivity contribution in [3.05, 3.63) is 51.2 Å². The van der Waals surface area contributed by atoms with Gasteiger partial charge in [0.2, 0.25) is 0 Å². The van der Waals surface area contributed by atoms with Gasteiger partial charge in [-0.05, 0) is 40.6 Å². The van der Waals surface area contributed by atoms with Crippen molar-refractivity contribution in [2.45, 2.75) is 6.04 Å². The highest BCUT2D eigenvalue weighted by molar-refractivity contribution is 7.08. The molecule has 5 heteroatoms. The van der Waals surface area contributed by atoms with Crippen LogP contribution in [-0.4, -0.2) is 5.11 Å². The molecule has 3 N–H and O–H groups in total. The van der Waals surface area contributed by atoms with Gasteiger partial charge in [-0.25, -0.2) is 0 Å².